The van der Waals surface area contributed by atoms with Crippen LogP contribution >= 0.6 is 23.2 Å². The molecule has 0 aliphatic carbocycles. The van der Waals surface area contributed by atoms with Crippen LogP contribution in [-0.4, -0.2) is 24.6 Å². The lowest BCUT2D eigenvalue weighted by atomic mass is 10.0. The molecule has 0 unspecified atom stereocenters. The van der Waals surface area contributed by atoms with Gasteiger partial charge in [-0.1, -0.05) is 83.9 Å². The molecule has 0 aliphatic heterocycles. The predicted octanol–water partition coefficient (Wildman–Crippen LogP) is 6.98. The van der Waals surface area contributed by atoms with Crippen molar-refractivity contribution in [1.29, 1.82) is 0 Å². The molecule has 1 atom stereocenters. The summed E-state index contributed by atoms with van der Waals surface area (Å²) in [6, 6.07) is 28.3. The molecule has 2 amide bonds. The highest BCUT2D eigenvalue weighted by molar-refractivity contribution is 6.32. The van der Waals surface area contributed by atoms with Gasteiger partial charge in [-0.15, -0.1) is 0 Å². The largest absolute Gasteiger partial charge is 0.490 e. The topological polar surface area (TPSA) is 89.0 Å². The highest BCUT2D eigenvalue weighted by Crippen LogP contribution is 2.37. The molecule has 7 nitrogen and oxygen atoms in total. The average molecular weight is 591 g/mol. The zero-order valence-corrected chi connectivity index (χ0v) is 23.9. The number of rotatable bonds is 12. The van der Waals surface area contributed by atoms with Crippen LogP contribution in [-0.2, 0) is 11.4 Å². The van der Waals surface area contributed by atoms with E-state index in [1.165, 1.54) is 6.21 Å². The molecule has 0 aromatic heterocycles. The highest BCUT2D eigenvalue weighted by atomic mass is 35.5. The third-order valence-electron chi connectivity index (χ3n) is 5.96. The van der Waals surface area contributed by atoms with Gasteiger partial charge in [-0.25, -0.2) is 5.43 Å². The lowest BCUT2D eigenvalue weighted by Crippen LogP contribution is -2.32. The van der Waals surface area contributed by atoms with Crippen LogP contribution in [0.4, 0.5) is 0 Å². The van der Waals surface area contributed by atoms with Gasteiger partial charge in [0, 0.05) is 10.6 Å². The predicted molar refractivity (Wildman–Crippen MR) is 162 cm³/mol. The van der Waals surface area contributed by atoms with Crippen LogP contribution in [0.5, 0.6) is 11.5 Å². The number of carbonyl (C=O) groups excluding carboxylic acids is 2. The Morgan fingerprint density at radius 2 is 1.59 bits per heavy atom. The van der Waals surface area contributed by atoms with Crippen LogP contribution in [0.2, 0.25) is 10.0 Å². The summed E-state index contributed by atoms with van der Waals surface area (Å²) in [6.45, 7) is 2.54. The third kappa shape index (κ3) is 8.83. The number of benzene rings is 4. The first kappa shape index (κ1) is 29.6. The van der Waals surface area contributed by atoms with E-state index in [0.29, 0.717) is 39.3 Å². The number of halogens is 2. The van der Waals surface area contributed by atoms with E-state index < -0.39 is 6.04 Å². The second-order valence-electron chi connectivity index (χ2n) is 8.98. The summed E-state index contributed by atoms with van der Waals surface area (Å²) in [5.74, 6) is 0.216. The maximum absolute atomic E-state index is 12.8. The minimum absolute atomic E-state index is 0.0116. The number of carbonyl (C=O) groups is 2. The van der Waals surface area contributed by atoms with Crippen LogP contribution in [0.3, 0.4) is 0 Å². The molecule has 0 saturated heterocycles. The van der Waals surface area contributed by atoms with Gasteiger partial charge < -0.3 is 14.8 Å². The lowest BCUT2D eigenvalue weighted by Gasteiger charge is -2.18. The van der Waals surface area contributed by atoms with E-state index >= 15 is 0 Å². The molecule has 210 valence electrons. The molecule has 0 saturated carbocycles. The first-order chi connectivity index (χ1) is 19.9. The molecule has 0 heterocycles. The Morgan fingerprint density at radius 3 is 2.27 bits per heavy atom. The summed E-state index contributed by atoms with van der Waals surface area (Å²) in [5, 5.41) is 8.02. The second kappa shape index (κ2) is 14.9. The smallest absolute Gasteiger partial charge is 0.251 e. The number of nitrogens with zero attached hydrogens (tertiary/aromatic N) is 1. The molecule has 0 spiro atoms. The zero-order valence-electron chi connectivity index (χ0n) is 22.3. The van der Waals surface area contributed by atoms with Gasteiger partial charge in [0.1, 0.15) is 6.61 Å². The molecular weight excluding hydrogens is 561 g/mol. The van der Waals surface area contributed by atoms with E-state index in [-0.39, 0.29) is 24.8 Å². The summed E-state index contributed by atoms with van der Waals surface area (Å²) < 4.78 is 11.7. The van der Waals surface area contributed by atoms with E-state index in [0.717, 1.165) is 11.1 Å². The molecular formula is C32H29Cl2N3O4. The van der Waals surface area contributed by atoms with Gasteiger partial charge in [-0.05, 0) is 60.0 Å². The maximum atomic E-state index is 12.8. The number of nitrogens with one attached hydrogen (secondary N) is 2. The van der Waals surface area contributed by atoms with Crippen molar-refractivity contribution in [1.82, 2.24) is 10.7 Å². The second-order valence-corrected chi connectivity index (χ2v) is 9.82. The number of hydrogen-bond donors (Lipinski definition) is 2. The quantitative estimate of drug-likeness (QED) is 0.138. The Balaban J connectivity index is 1.41. The highest BCUT2D eigenvalue weighted by Gasteiger charge is 2.19. The number of hydrazone groups is 1. The monoisotopic (exact) mass is 589 g/mol. The van der Waals surface area contributed by atoms with E-state index in [4.69, 9.17) is 32.7 Å². The number of amides is 2. The maximum Gasteiger partial charge on any atom is 0.251 e. The van der Waals surface area contributed by atoms with Gasteiger partial charge in [0.2, 0.25) is 5.91 Å². The molecule has 0 fully saturated rings. The van der Waals surface area contributed by atoms with Gasteiger partial charge in [0.05, 0.1) is 30.3 Å². The molecule has 0 bridgehead atoms. The Hall–Kier alpha value is -4.33. The average Bonchev–Trinajstić information content (AvgIpc) is 2.98. The fourth-order valence-electron chi connectivity index (χ4n) is 3.98. The van der Waals surface area contributed by atoms with Crippen molar-refractivity contribution in [2.75, 3.05) is 6.61 Å². The Kier molecular flexibility index (Phi) is 10.8. The third-order valence-corrected chi connectivity index (χ3v) is 6.50. The summed E-state index contributed by atoms with van der Waals surface area (Å²) in [4.78, 5) is 25.6. The first-order valence-corrected chi connectivity index (χ1v) is 13.7. The molecule has 2 N–H and O–H groups in total. The van der Waals surface area contributed by atoms with Crippen molar-refractivity contribution < 1.29 is 19.1 Å². The molecule has 0 radical (unpaired) electrons. The van der Waals surface area contributed by atoms with Gasteiger partial charge >= 0.3 is 0 Å². The van der Waals surface area contributed by atoms with Crippen molar-refractivity contribution >= 4 is 41.2 Å². The summed E-state index contributed by atoms with van der Waals surface area (Å²) in [5.41, 5.74) is 5.38. The Morgan fingerprint density at radius 1 is 0.902 bits per heavy atom. The van der Waals surface area contributed by atoms with E-state index in [1.54, 1.807) is 48.5 Å². The normalized spacial score (nSPS) is 11.6. The standard InChI is InChI=1S/C32H29Cl2N3O4/c1-2-40-29-18-23(17-27(34)31(29)41-21-22-13-15-26(33)16-14-22)20-35-37-30(38)19-28(24-9-5-3-6-10-24)36-32(39)25-11-7-4-8-12-25/h3-18,20,28H,2,19,21H2,1H3,(H,36,39)(H,37,38)/b35-20-/t28-/m0/s1. The zero-order chi connectivity index (χ0) is 29.0. The fourth-order valence-corrected chi connectivity index (χ4v) is 4.38. The summed E-state index contributed by atoms with van der Waals surface area (Å²) in [6.07, 6.45) is 1.46. The van der Waals surface area contributed by atoms with Crippen molar-refractivity contribution in [2.24, 2.45) is 5.10 Å². The molecule has 41 heavy (non-hydrogen) atoms. The first-order valence-electron chi connectivity index (χ1n) is 13.0. The van der Waals surface area contributed by atoms with Gasteiger partial charge in [0.15, 0.2) is 11.5 Å². The van der Waals surface area contributed by atoms with E-state index in [9.17, 15) is 9.59 Å². The summed E-state index contributed by atoms with van der Waals surface area (Å²) in [7, 11) is 0. The van der Waals surface area contributed by atoms with Crippen molar-refractivity contribution in [3.63, 3.8) is 0 Å². The van der Waals surface area contributed by atoms with Crippen LogP contribution in [0, 0.1) is 0 Å². The SMILES string of the molecule is CCOc1cc(/C=N\NC(=O)C[C@H](NC(=O)c2ccccc2)c2ccccc2)cc(Cl)c1OCc1ccc(Cl)cc1. The number of ether oxygens (including phenoxy) is 2. The van der Waals surface area contributed by atoms with Crippen LogP contribution in [0.25, 0.3) is 0 Å². The summed E-state index contributed by atoms with van der Waals surface area (Å²) >= 11 is 12.5. The van der Waals surface area contributed by atoms with E-state index in [1.807, 2.05) is 55.5 Å². The van der Waals surface area contributed by atoms with Crippen molar-refractivity contribution in [2.45, 2.75) is 26.0 Å². The Bertz CT molecular complexity index is 1480. The van der Waals surface area contributed by atoms with Crippen molar-refractivity contribution in [3.8, 4) is 11.5 Å². The molecule has 0 aliphatic rings. The molecule has 9 heteroatoms. The van der Waals surface area contributed by atoms with Crippen LogP contribution in [0.15, 0.2) is 102 Å². The Labute approximate surface area is 249 Å². The van der Waals surface area contributed by atoms with Gasteiger partial charge in [-0.3, -0.25) is 9.59 Å². The minimum atomic E-state index is -0.546. The van der Waals surface area contributed by atoms with Crippen LogP contribution < -0.4 is 20.2 Å². The van der Waals surface area contributed by atoms with Crippen molar-refractivity contribution in [3.05, 3.63) is 129 Å². The molecule has 4 aromatic carbocycles. The lowest BCUT2D eigenvalue weighted by molar-refractivity contribution is -0.121. The van der Waals surface area contributed by atoms with Gasteiger partial charge in [-0.2, -0.15) is 5.10 Å². The number of hydrogen-bond acceptors (Lipinski definition) is 5. The molecule has 4 aromatic rings. The molecule has 4 rings (SSSR count). The fraction of sp³-hybridized carbons (Fsp3) is 0.156. The van der Waals surface area contributed by atoms with Gasteiger partial charge in [0.25, 0.3) is 5.91 Å². The minimum Gasteiger partial charge on any atom is -0.490 e. The van der Waals surface area contributed by atoms with Crippen LogP contribution in [0.1, 0.15) is 46.4 Å². The van der Waals surface area contributed by atoms with E-state index in [2.05, 4.69) is 15.8 Å².